The number of halogens is 2. The molecular formula is C20H23ClFN3O2. The Bertz CT molecular complexity index is 792. The van der Waals surface area contributed by atoms with E-state index >= 15 is 0 Å². The van der Waals surface area contributed by atoms with Crippen molar-refractivity contribution in [3.63, 3.8) is 0 Å². The van der Waals surface area contributed by atoms with Gasteiger partial charge in [-0.2, -0.15) is 0 Å². The molecule has 27 heavy (non-hydrogen) atoms. The molecule has 2 heterocycles. The summed E-state index contributed by atoms with van der Waals surface area (Å²) in [6, 6.07) is 8.26. The Morgan fingerprint density at radius 2 is 2.07 bits per heavy atom. The summed E-state index contributed by atoms with van der Waals surface area (Å²) in [4.78, 5) is 19.0. The summed E-state index contributed by atoms with van der Waals surface area (Å²) in [6.45, 7) is 3.91. The number of rotatable bonds is 5. The van der Waals surface area contributed by atoms with Gasteiger partial charge in [0.25, 0.3) is 5.91 Å². The first kappa shape index (κ1) is 19.6. The van der Waals surface area contributed by atoms with Crippen molar-refractivity contribution in [3.05, 3.63) is 58.5 Å². The highest BCUT2D eigenvalue weighted by molar-refractivity contribution is 6.31. The predicted molar refractivity (Wildman–Crippen MR) is 103 cm³/mol. The van der Waals surface area contributed by atoms with Gasteiger partial charge >= 0.3 is 0 Å². The number of nitrogens with one attached hydrogen (secondary N) is 1. The van der Waals surface area contributed by atoms with Crippen molar-refractivity contribution in [2.24, 2.45) is 0 Å². The molecule has 7 heteroatoms. The van der Waals surface area contributed by atoms with E-state index in [1.54, 1.807) is 7.11 Å². The Morgan fingerprint density at radius 3 is 2.67 bits per heavy atom. The number of carbonyl (C=O) groups is 1. The molecule has 144 valence electrons. The molecule has 0 aliphatic carbocycles. The Kier molecular flexibility index (Phi) is 6.29. The third-order valence-electron chi connectivity index (χ3n) is 5.05. The number of aromatic nitrogens is 1. The minimum Gasteiger partial charge on any atom is -0.481 e. The lowest BCUT2D eigenvalue weighted by Crippen LogP contribution is -2.45. The van der Waals surface area contributed by atoms with Gasteiger partial charge in [0.05, 0.1) is 12.1 Å². The molecule has 1 aromatic carbocycles. The fraction of sp³-hybridized carbons (Fsp3) is 0.400. The minimum absolute atomic E-state index is 0.0422. The van der Waals surface area contributed by atoms with Gasteiger partial charge in [-0.05, 0) is 43.5 Å². The van der Waals surface area contributed by atoms with Crippen molar-refractivity contribution in [1.82, 2.24) is 15.2 Å². The number of amides is 1. The first-order valence-electron chi connectivity index (χ1n) is 8.98. The van der Waals surface area contributed by atoms with Gasteiger partial charge in [0, 0.05) is 43.0 Å². The molecule has 2 aromatic rings. The zero-order valence-corrected chi connectivity index (χ0v) is 16.2. The molecule has 3 rings (SSSR count). The number of hydrogen-bond acceptors (Lipinski definition) is 4. The second-order valence-corrected chi connectivity index (χ2v) is 7.13. The lowest BCUT2D eigenvalue weighted by molar-refractivity contribution is 0.0896. The van der Waals surface area contributed by atoms with Crippen LogP contribution in [-0.4, -0.2) is 42.0 Å². The highest BCUT2D eigenvalue weighted by Crippen LogP contribution is 2.25. The van der Waals surface area contributed by atoms with Gasteiger partial charge in [-0.3, -0.25) is 9.69 Å². The zero-order valence-electron chi connectivity index (χ0n) is 15.4. The number of nitrogens with zero attached hydrogens (tertiary/aromatic N) is 2. The first-order chi connectivity index (χ1) is 13.0. The second-order valence-electron chi connectivity index (χ2n) is 6.72. The molecule has 1 N–H and O–H groups in total. The van der Waals surface area contributed by atoms with Gasteiger partial charge in [-0.1, -0.05) is 17.7 Å². The van der Waals surface area contributed by atoms with Crippen molar-refractivity contribution in [3.8, 4) is 5.88 Å². The molecule has 0 bridgehead atoms. The summed E-state index contributed by atoms with van der Waals surface area (Å²) >= 11 is 5.76. The van der Waals surface area contributed by atoms with E-state index in [2.05, 4.69) is 22.1 Å². The van der Waals surface area contributed by atoms with Crippen LogP contribution in [0.1, 0.15) is 41.7 Å². The number of carbonyl (C=O) groups excluding carboxylic acids is 1. The number of methoxy groups -OCH3 is 1. The molecule has 0 radical (unpaired) electrons. The fourth-order valence-corrected chi connectivity index (χ4v) is 3.49. The molecule has 0 saturated carbocycles. The van der Waals surface area contributed by atoms with E-state index in [1.165, 1.54) is 18.2 Å². The maximum Gasteiger partial charge on any atom is 0.251 e. The molecule has 1 saturated heterocycles. The smallest absolute Gasteiger partial charge is 0.251 e. The molecule has 1 fully saturated rings. The SMILES string of the molecule is COc1ccc(C(C)N2CCC(NC(=O)c3ccc(F)c(Cl)c3)CC2)cn1. The van der Waals surface area contributed by atoms with E-state index in [0.29, 0.717) is 11.4 Å². The molecule has 0 spiro atoms. The van der Waals surface area contributed by atoms with E-state index < -0.39 is 5.82 Å². The lowest BCUT2D eigenvalue weighted by atomic mass is 10.0. The number of benzene rings is 1. The van der Waals surface area contributed by atoms with Crippen LogP contribution in [0.25, 0.3) is 0 Å². The van der Waals surface area contributed by atoms with Gasteiger partial charge in [-0.25, -0.2) is 9.37 Å². The zero-order chi connectivity index (χ0) is 19.4. The van der Waals surface area contributed by atoms with Gasteiger partial charge < -0.3 is 10.1 Å². The maximum atomic E-state index is 13.2. The van der Waals surface area contributed by atoms with Crippen LogP contribution in [0.2, 0.25) is 5.02 Å². The normalized spacial score (nSPS) is 16.7. The Morgan fingerprint density at radius 1 is 1.33 bits per heavy atom. The van der Waals surface area contributed by atoms with Crippen molar-refractivity contribution < 1.29 is 13.9 Å². The van der Waals surface area contributed by atoms with Crippen LogP contribution in [-0.2, 0) is 0 Å². The number of pyridine rings is 1. The van der Waals surface area contributed by atoms with Crippen LogP contribution in [0.15, 0.2) is 36.5 Å². The van der Waals surface area contributed by atoms with Crippen LogP contribution in [0, 0.1) is 5.82 Å². The van der Waals surface area contributed by atoms with Crippen LogP contribution in [0.4, 0.5) is 4.39 Å². The summed E-state index contributed by atoms with van der Waals surface area (Å²) in [7, 11) is 1.60. The van der Waals surface area contributed by atoms with E-state index in [-0.39, 0.29) is 23.0 Å². The van der Waals surface area contributed by atoms with E-state index in [4.69, 9.17) is 16.3 Å². The molecule has 5 nitrogen and oxygen atoms in total. The summed E-state index contributed by atoms with van der Waals surface area (Å²) in [6.07, 6.45) is 3.55. The van der Waals surface area contributed by atoms with Gasteiger partial charge in [-0.15, -0.1) is 0 Å². The summed E-state index contributed by atoms with van der Waals surface area (Å²) in [5.41, 5.74) is 1.51. The number of ether oxygens (including phenoxy) is 1. The monoisotopic (exact) mass is 391 g/mol. The lowest BCUT2D eigenvalue weighted by Gasteiger charge is -2.36. The molecule has 1 atom stereocenters. The van der Waals surface area contributed by atoms with Crippen molar-refractivity contribution in [2.45, 2.75) is 31.8 Å². The van der Waals surface area contributed by atoms with Crippen LogP contribution >= 0.6 is 11.6 Å². The average molecular weight is 392 g/mol. The topological polar surface area (TPSA) is 54.5 Å². The molecule has 1 aromatic heterocycles. The van der Waals surface area contributed by atoms with Gasteiger partial charge in [0.2, 0.25) is 5.88 Å². The van der Waals surface area contributed by atoms with Gasteiger partial charge in [0.15, 0.2) is 0 Å². The largest absolute Gasteiger partial charge is 0.481 e. The predicted octanol–water partition coefficient (Wildman–Crippen LogP) is 3.84. The number of likely N-dealkylation sites (tertiary alicyclic amines) is 1. The highest BCUT2D eigenvalue weighted by atomic mass is 35.5. The van der Waals surface area contributed by atoms with Crippen LogP contribution in [0.3, 0.4) is 0 Å². The molecular weight excluding hydrogens is 369 g/mol. The van der Waals surface area contributed by atoms with Crippen molar-refractivity contribution in [1.29, 1.82) is 0 Å². The van der Waals surface area contributed by atoms with Gasteiger partial charge in [0.1, 0.15) is 5.82 Å². The van der Waals surface area contributed by atoms with Crippen LogP contribution in [0.5, 0.6) is 5.88 Å². The van der Waals surface area contributed by atoms with E-state index in [1.807, 2.05) is 18.3 Å². The van der Waals surface area contributed by atoms with E-state index in [9.17, 15) is 9.18 Å². The third kappa shape index (κ3) is 4.76. The Balaban J connectivity index is 1.53. The second kappa shape index (κ2) is 8.67. The molecule has 1 unspecified atom stereocenters. The van der Waals surface area contributed by atoms with Crippen LogP contribution < -0.4 is 10.1 Å². The van der Waals surface area contributed by atoms with Crippen molar-refractivity contribution >= 4 is 17.5 Å². The number of piperidine rings is 1. The molecule has 1 amide bonds. The average Bonchev–Trinajstić information content (AvgIpc) is 2.70. The number of hydrogen-bond donors (Lipinski definition) is 1. The maximum absolute atomic E-state index is 13.2. The summed E-state index contributed by atoms with van der Waals surface area (Å²) < 4.78 is 18.3. The third-order valence-corrected chi connectivity index (χ3v) is 5.33. The van der Waals surface area contributed by atoms with Crippen molar-refractivity contribution in [2.75, 3.05) is 20.2 Å². The Hall–Kier alpha value is -2.18. The standard InChI is InChI=1S/C20H23ClFN3O2/c1-13(15-4-6-19(27-2)23-12-15)25-9-7-16(8-10-25)24-20(26)14-3-5-18(22)17(21)11-14/h3-6,11-13,16H,7-10H2,1-2H3,(H,24,26). The summed E-state index contributed by atoms with van der Waals surface area (Å²) in [5, 5.41) is 2.98. The fourth-order valence-electron chi connectivity index (χ4n) is 3.31. The molecule has 1 aliphatic rings. The quantitative estimate of drug-likeness (QED) is 0.841. The Labute approximate surface area is 163 Å². The minimum atomic E-state index is -0.525. The van der Waals surface area contributed by atoms with E-state index in [0.717, 1.165) is 31.5 Å². The highest BCUT2D eigenvalue weighted by Gasteiger charge is 2.25. The first-order valence-corrected chi connectivity index (χ1v) is 9.35. The summed E-state index contributed by atoms with van der Waals surface area (Å²) in [5.74, 6) is -0.139. The molecule has 1 aliphatic heterocycles.